The van der Waals surface area contributed by atoms with Crippen LogP contribution in [-0.4, -0.2) is 18.3 Å². The number of thiocarbonyl (C=S) groups is 1. The van der Waals surface area contributed by atoms with Gasteiger partial charge in [0, 0.05) is 11.4 Å². The molecule has 0 bridgehead atoms. The number of rotatable bonds is 6. The van der Waals surface area contributed by atoms with Crippen LogP contribution in [0.3, 0.4) is 0 Å². The molecule has 2 N–H and O–H groups in total. The van der Waals surface area contributed by atoms with E-state index in [9.17, 15) is 0 Å². The van der Waals surface area contributed by atoms with Gasteiger partial charge in [0.05, 0.1) is 13.2 Å². The summed E-state index contributed by atoms with van der Waals surface area (Å²) in [5.74, 6) is 1.69. The summed E-state index contributed by atoms with van der Waals surface area (Å²) in [6, 6.07) is 15.3. The molecule has 23 heavy (non-hydrogen) atoms. The maximum Gasteiger partial charge on any atom is 1.00 e. The molecule has 0 aliphatic carbocycles. The molecule has 0 amide bonds. The Morgan fingerprint density at radius 1 is 0.783 bits per heavy atom. The van der Waals surface area contributed by atoms with Crippen molar-refractivity contribution in [1.82, 2.24) is 0 Å². The van der Waals surface area contributed by atoms with Gasteiger partial charge in [-0.25, -0.2) is 0 Å². The Labute approximate surface area is 164 Å². The maximum atomic E-state index is 5.40. The van der Waals surface area contributed by atoms with Crippen LogP contribution < -0.4 is 49.7 Å². The molecule has 0 saturated carbocycles. The zero-order valence-electron chi connectivity index (χ0n) is 13.8. The van der Waals surface area contributed by atoms with Crippen LogP contribution in [0.2, 0.25) is 0 Å². The molecule has 116 valence electrons. The van der Waals surface area contributed by atoms with Gasteiger partial charge >= 0.3 is 29.6 Å². The summed E-state index contributed by atoms with van der Waals surface area (Å²) in [5.41, 5.74) is 1.82. The zero-order chi connectivity index (χ0) is 15.8. The Balaban J connectivity index is 0.00000264. The van der Waals surface area contributed by atoms with Gasteiger partial charge < -0.3 is 20.1 Å². The molecule has 0 fully saturated rings. The number of benzene rings is 2. The Kier molecular flexibility index (Phi) is 9.02. The molecule has 4 nitrogen and oxygen atoms in total. The van der Waals surface area contributed by atoms with Crippen molar-refractivity contribution in [3.05, 3.63) is 48.5 Å². The minimum absolute atomic E-state index is 0. The molecule has 6 heteroatoms. The van der Waals surface area contributed by atoms with E-state index in [0.717, 1.165) is 22.9 Å². The molecule has 0 aliphatic heterocycles. The number of nitrogens with one attached hydrogen (secondary N) is 2. The number of ether oxygens (including phenoxy) is 2. The Morgan fingerprint density at radius 3 is 1.43 bits per heavy atom. The van der Waals surface area contributed by atoms with Crippen molar-refractivity contribution in [2.75, 3.05) is 23.8 Å². The number of hydrogen-bond donors (Lipinski definition) is 2. The average molecular weight is 339 g/mol. The first-order chi connectivity index (χ1) is 10.7. The first-order valence-corrected chi connectivity index (χ1v) is 7.65. The number of anilines is 2. The summed E-state index contributed by atoms with van der Waals surface area (Å²) in [6.07, 6.45) is 0. The van der Waals surface area contributed by atoms with Crippen LogP contribution in [0, 0.1) is 0 Å². The summed E-state index contributed by atoms with van der Waals surface area (Å²) >= 11 is 5.30. The van der Waals surface area contributed by atoms with Gasteiger partial charge in [-0.3, -0.25) is 0 Å². The van der Waals surface area contributed by atoms with E-state index in [4.69, 9.17) is 21.7 Å². The first-order valence-electron chi connectivity index (χ1n) is 7.25. The molecular formula is C17H20N2NaO2S+. The van der Waals surface area contributed by atoms with Crippen molar-refractivity contribution in [3.8, 4) is 11.5 Å². The fourth-order valence-corrected chi connectivity index (χ4v) is 2.13. The molecule has 0 radical (unpaired) electrons. The van der Waals surface area contributed by atoms with E-state index in [-0.39, 0.29) is 29.6 Å². The van der Waals surface area contributed by atoms with Crippen molar-refractivity contribution >= 4 is 28.7 Å². The second kappa shape index (κ2) is 10.5. The molecule has 2 rings (SSSR count). The zero-order valence-corrected chi connectivity index (χ0v) is 16.6. The van der Waals surface area contributed by atoms with Gasteiger partial charge in [-0.1, -0.05) is 0 Å². The van der Waals surface area contributed by atoms with E-state index in [1.807, 2.05) is 62.4 Å². The smallest absolute Gasteiger partial charge is 0.494 e. The molecule has 0 saturated heterocycles. The van der Waals surface area contributed by atoms with Gasteiger partial charge in [-0.15, -0.1) is 0 Å². The van der Waals surface area contributed by atoms with Crippen LogP contribution >= 0.6 is 12.2 Å². The summed E-state index contributed by atoms with van der Waals surface area (Å²) in [7, 11) is 0. The predicted molar refractivity (Wildman–Crippen MR) is 95.1 cm³/mol. The second-order valence-corrected chi connectivity index (χ2v) is 4.90. The third kappa shape index (κ3) is 6.79. The van der Waals surface area contributed by atoms with Crippen LogP contribution in [0.1, 0.15) is 13.8 Å². The van der Waals surface area contributed by atoms with Gasteiger partial charge in [0.15, 0.2) is 5.11 Å². The molecule has 0 aliphatic rings. The normalized spacial score (nSPS) is 9.48. The average Bonchev–Trinajstić information content (AvgIpc) is 2.52. The van der Waals surface area contributed by atoms with Crippen LogP contribution in [0.25, 0.3) is 0 Å². The summed E-state index contributed by atoms with van der Waals surface area (Å²) < 4.78 is 10.8. The van der Waals surface area contributed by atoms with Gasteiger partial charge in [-0.2, -0.15) is 0 Å². The monoisotopic (exact) mass is 339 g/mol. The standard InChI is InChI=1S/C17H20N2O2S.Na/c1-3-20-15-9-5-13(6-10-15)18-17(22)19-14-7-11-16(12-8-14)21-4-2;/h5-12H,3-4H2,1-2H3,(H2,18,19,22);/q;+1. The summed E-state index contributed by atoms with van der Waals surface area (Å²) in [4.78, 5) is 0. The van der Waals surface area contributed by atoms with Crippen LogP contribution in [-0.2, 0) is 0 Å². The third-order valence-electron chi connectivity index (χ3n) is 2.85. The molecule has 0 aromatic heterocycles. The Morgan fingerprint density at radius 2 is 1.13 bits per heavy atom. The van der Waals surface area contributed by atoms with E-state index in [1.165, 1.54) is 0 Å². The predicted octanol–water partition coefficient (Wildman–Crippen LogP) is 1.30. The fraction of sp³-hybridized carbons (Fsp3) is 0.235. The van der Waals surface area contributed by atoms with Gasteiger partial charge in [0.2, 0.25) is 0 Å². The SMILES string of the molecule is CCOc1ccc(NC(=S)Nc2ccc(OCC)cc2)cc1.[Na+]. The molecule has 0 heterocycles. The van der Waals surface area contributed by atoms with Gasteiger partial charge in [0.25, 0.3) is 0 Å². The van der Waals surface area contributed by atoms with E-state index in [1.54, 1.807) is 0 Å². The molecular weight excluding hydrogens is 319 g/mol. The van der Waals surface area contributed by atoms with Gasteiger partial charge in [0.1, 0.15) is 11.5 Å². The van der Waals surface area contributed by atoms with E-state index in [0.29, 0.717) is 18.3 Å². The van der Waals surface area contributed by atoms with Gasteiger partial charge in [-0.05, 0) is 74.6 Å². The van der Waals surface area contributed by atoms with Crippen molar-refractivity contribution in [2.45, 2.75) is 13.8 Å². The summed E-state index contributed by atoms with van der Waals surface area (Å²) in [5, 5.41) is 6.80. The topological polar surface area (TPSA) is 42.5 Å². The third-order valence-corrected chi connectivity index (χ3v) is 3.05. The molecule has 0 atom stereocenters. The molecule has 0 unspecified atom stereocenters. The first kappa shape index (κ1) is 19.8. The van der Waals surface area contributed by atoms with Crippen molar-refractivity contribution in [2.24, 2.45) is 0 Å². The van der Waals surface area contributed by atoms with E-state index in [2.05, 4.69) is 10.6 Å². The van der Waals surface area contributed by atoms with Crippen molar-refractivity contribution in [3.63, 3.8) is 0 Å². The summed E-state index contributed by atoms with van der Waals surface area (Å²) in [6.45, 7) is 5.24. The fourth-order valence-electron chi connectivity index (χ4n) is 1.90. The Bertz CT molecular complexity index is 549. The minimum Gasteiger partial charge on any atom is -0.494 e. The maximum absolute atomic E-state index is 5.40. The van der Waals surface area contributed by atoms with E-state index >= 15 is 0 Å². The van der Waals surface area contributed by atoms with E-state index < -0.39 is 0 Å². The second-order valence-electron chi connectivity index (χ2n) is 4.49. The largest absolute Gasteiger partial charge is 1.00 e. The van der Waals surface area contributed by atoms with Crippen LogP contribution in [0.15, 0.2) is 48.5 Å². The molecule has 0 spiro atoms. The quantitative estimate of drug-likeness (QED) is 0.613. The molecule has 2 aromatic carbocycles. The van der Waals surface area contributed by atoms with Crippen LogP contribution in [0.4, 0.5) is 11.4 Å². The van der Waals surface area contributed by atoms with Crippen LogP contribution in [0.5, 0.6) is 11.5 Å². The Hall–Kier alpha value is -1.27. The number of hydrogen-bond acceptors (Lipinski definition) is 3. The van der Waals surface area contributed by atoms with Crippen molar-refractivity contribution < 1.29 is 39.0 Å². The van der Waals surface area contributed by atoms with Crippen molar-refractivity contribution in [1.29, 1.82) is 0 Å². The minimum atomic E-state index is 0. The molecule has 2 aromatic rings.